The molecular formula is C12H11F3. The second kappa shape index (κ2) is 3.72. The molecule has 1 aromatic carbocycles. The smallest absolute Gasteiger partial charge is 0.206 e. The van der Waals surface area contributed by atoms with Crippen LogP contribution >= 0.6 is 0 Å². The van der Waals surface area contributed by atoms with Gasteiger partial charge >= 0.3 is 6.08 Å². The second-order valence-electron chi connectivity index (χ2n) is 3.97. The average molecular weight is 212 g/mol. The first-order valence-electron chi connectivity index (χ1n) is 4.87. The molecule has 0 saturated heterocycles. The van der Waals surface area contributed by atoms with Crippen LogP contribution in [0, 0.1) is 6.92 Å². The van der Waals surface area contributed by atoms with E-state index in [2.05, 4.69) is 0 Å². The van der Waals surface area contributed by atoms with Crippen LogP contribution in [0.4, 0.5) is 13.2 Å². The van der Waals surface area contributed by atoms with Crippen molar-refractivity contribution in [2.45, 2.75) is 25.7 Å². The van der Waals surface area contributed by atoms with Crippen molar-refractivity contribution in [3.05, 3.63) is 46.8 Å². The minimum atomic E-state index is -2.18. The number of allylic oxidation sites excluding steroid dienone is 1. The Labute approximate surface area is 86.4 Å². The fourth-order valence-electron chi connectivity index (χ4n) is 2.03. The molecule has 1 unspecified atom stereocenters. The van der Waals surface area contributed by atoms with Crippen LogP contribution in [0.5, 0.6) is 0 Å². The lowest BCUT2D eigenvalue weighted by Gasteiger charge is -2.29. The molecule has 0 bridgehead atoms. The number of benzene rings is 1. The monoisotopic (exact) mass is 212 g/mol. The maximum absolute atomic E-state index is 12.7. The second-order valence-corrected chi connectivity index (χ2v) is 3.97. The first-order chi connectivity index (χ1) is 7.08. The predicted octanol–water partition coefficient (Wildman–Crippen LogP) is 4.10. The van der Waals surface area contributed by atoms with Crippen molar-refractivity contribution >= 4 is 0 Å². The minimum Gasteiger partial charge on any atom is -0.206 e. The van der Waals surface area contributed by atoms with Gasteiger partial charge in [-0.15, -0.1) is 0 Å². The van der Waals surface area contributed by atoms with Crippen molar-refractivity contribution in [2.75, 3.05) is 0 Å². The third kappa shape index (κ3) is 1.91. The van der Waals surface area contributed by atoms with E-state index in [1.807, 2.05) is 25.1 Å². The fraction of sp³-hybridized carbons (Fsp3) is 0.333. The summed E-state index contributed by atoms with van der Waals surface area (Å²) in [5.41, 5.74) is 3.32. The molecular weight excluding hydrogens is 201 g/mol. The summed E-state index contributed by atoms with van der Waals surface area (Å²) in [5.74, 6) is -1.34. The van der Waals surface area contributed by atoms with Gasteiger partial charge in [0.25, 0.3) is 0 Å². The molecule has 1 aliphatic rings. The van der Waals surface area contributed by atoms with Crippen LogP contribution in [0.25, 0.3) is 0 Å². The SMILES string of the molecule is Cc1ccc2c(c1)CC2CC(F)=C(F)F. The topological polar surface area (TPSA) is 0 Å². The maximum atomic E-state index is 12.7. The Kier molecular flexibility index (Phi) is 2.55. The lowest BCUT2D eigenvalue weighted by molar-refractivity contribution is 0.360. The van der Waals surface area contributed by atoms with Gasteiger partial charge in [0, 0.05) is 6.42 Å². The number of halogens is 3. The highest BCUT2D eigenvalue weighted by Gasteiger charge is 2.27. The van der Waals surface area contributed by atoms with Crippen LogP contribution in [-0.2, 0) is 6.42 Å². The van der Waals surface area contributed by atoms with Crippen molar-refractivity contribution in [3.8, 4) is 0 Å². The summed E-state index contributed by atoms with van der Waals surface area (Å²) < 4.78 is 36.5. The Bertz CT molecular complexity index is 417. The molecule has 0 nitrogen and oxygen atoms in total. The van der Waals surface area contributed by atoms with Crippen molar-refractivity contribution in [2.24, 2.45) is 0 Å². The number of hydrogen-bond donors (Lipinski definition) is 0. The molecule has 0 saturated carbocycles. The van der Waals surface area contributed by atoms with Gasteiger partial charge in [0.1, 0.15) is 0 Å². The Morgan fingerprint density at radius 2 is 2.07 bits per heavy atom. The van der Waals surface area contributed by atoms with E-state index in [0.29, 0.717) is 6.42 Å². The Morgan fingerprint density at radius 1 is 1.33 bits per heavy atom. The Hall–Kier alpha value is -1.25. The van der Waals surface area contributed by atoms with Gasteiger partial charge in [-0.3, -0.25) is 0 Å². The normalized spacial score (nSPS) is 18.0. The molecule has 1 atom stereocenters. The zero-order chi connectivity index (χ0) is 11.0. The van der Waals surface area contributed by atoms with E-state index in [1.54, 1.807) is 0 Å². The summed E-state index contributed by atoms with van der Waals surface area (Å²) in [5, 5.41) is 0. The molecule has 80 valence electrons. The van der Waals surface area contributed by atoms with Gasteiger partial charge in [-0.2, -0.15) is 8.78 Å². The molecule has 3 heteroatoms. The molecule has 0 amide bonds. The van der Waals surface area contributed by atoms with Crippen molar-refractivity contribution in [3.63, 3.8) is 0 Å². The van der Waals surface area contributed by atoms with E-state index in [0.717, 1.165) is 16.7 Å². The summed E-state index contributed by atoms with van der Waals surface area (Å²) in [7, 11) is 0. The van der Waals surface area contributed by atoms with Crippen molar-refractivity contribution in [1.29, 1.82) is 0 Å². The van der Waals surface area contributed by atoms with E-state index in [1.165, 1.54) is 0 Å². The molecule has 0 fully saturated rings. The highest BCUT2D eigenvalue weighted by Crippen LogP contribution is 2.40. The molecule has 15 heavy (non-hydrogen) atoms. The van der Waals surface area contributed by atoms with Crippen LogP contribution < -0.4 is 0 Å². The molecule has 1 aliphatic carbocycles. The number of fused-ring (bicyclic) bond motifs is 1. The summed E-state index contributed by atoms with van der Waals surface area (Å²) in [6.45, 7) is 1.98. The highest BCUT2D eigenvalue weighted by molar-refractivity contribution is 5.43. The van der Waals surface area contributed by atoms with Gasteiger partial charge in [0.05, 0.1) is 0 Å². The fourth-order valence-corrected chi connectivity index (χ4v) is 2.03. The zero-order valence-corrected chi connectivity index (χ0v) is 8.36. The van der Waals surface area contributed by atoms with Crippen LogP contribution in [-0.4, -0.2) is 0 Å². The van der Waals surface area contributed by atoms with Gasteiger partial charge in [0.15, 0.2) is 5.83 Å². The summed E-state index contributed by atoms with van der Waals surface area (Å²) in [6, 6.07) is 5.86. The quantitative estimate of drug-likeness (QED) is 0.692. The molecule has 0 radical (unpaired) electrons. The number of hydrogen-bond acceptors (Lipinski definition) is 0. The minimum absolute atomic E-state index is 0.0675. The molecule has 0 spiro atoms. The number of aryl methyl sites for hydroxylation is 1. The summed E-state index contributed by atoms with van der Waals surface area (Å²) >= 11 is 0. The van der Waals surface area contributed by atoms with Gasteiger partial charge in [0.2, 0.25) is 0 Å². The lowest BCUT2D eigenvalue weighted by atomic mass is 9.75. The third-order valence-electron chi connectivity index (χ3n) is 2.84. The Balaban J connectivity index is 2.12. The largest absolute Gasteiger partial charge is 0.301 e. The van der Waals surface area contributed by atoms with Gasteiger partial charge in [-0.05, 0) is 30.4 Å². The van der Waals surface area contributed by atoms with Gasteiger partial charge in [-0.1, -0.05) is 23.8 Å². The van der Waals surface area contributed by atoms with Crippen LogP contribution in [0.3, 0.4) is 0 Å². The van der Waals surface area contributed by atoms with E-state index >= 15 is 0 Å². The molecule has 0 aliphatic heterocycles. The van der Waals surface area contributed by atoms with Gasteiger partial charge < -0.3 is 0 Å². The number of rotatable bonds is 2. The van der Waals surface area contributed by atoms with Crippen LogP contribution in [0.2, 0.25) is 0 Å². The summed E-state index contributed by atoms with van der Waals surface area (Å²) in [6.07, 6.45) is -1.65. The van der Waals surface area contributed by atoms with E-state index in [-0.39, 0.29) is 12.3 Å². The van der Waals surface area contributed by atoms with Crippen molar-refractivity contribution in [1.82, 2.24) is 0 Å². The Morgan fingerprint density at radius 3 is 2.67 bits per heavy atom. The van der Waals surface area contributed by atoms with Crippen LogP contribution in [0.1, 0.15) is 29.0 Å². The molecule has 2 rings (SSSR count). The first kappa shape index (κ1) is 10.3. The third-order valence-corrected chi connectivity index (χ3v) is 2.84. The van der Waals surface area contributed by atoms with Crippen LogP contribution in [0.15, 0.2) is 30.1 Å². The zero-order valence-electron chi connectivity index (χ0n) is 8.36. The van der Waals surface area contributed by atoms with E-state index in [4.69, 9.17) is 0 Å². The molecule has 1 aromatic rings. The van der Waals surface area contributed by atoms with E-state index in [9.17, 15) is 13.2 Å². The standard InChI is InChI=1S/C12H11F3/c1-7-2-3-10-8(4-7)5-9(10)6-11(13)12(14)15/h2-4,9H,5-6H2,1H3. The average Bonchev–Trinajstić information content (AvgIpc) is 2.14. The first-order valence-corrected chi connectivity index (χ1v) is 4.87. The lowest BCUT2D eigenvalue weighted by Crippen LogP contribution is -2.17. The summed E-state index contributed by atoms with van der Waals surface area (Å²) in [4.78, 5) is 0. The maximum Gasteiger partial charge on any atom is 0.301 e. The molecule has 0 N–H and O–H groups in total. The van der Waals surface area contributed by atoms with Gasteiger partial charge in [-0.25, -0.2) is 4.39 Å². The molecule has 0 heterocycles. The highest BCUT2D eigenvalue weighted by atomic mass is 19.3. The molecule has 0 aromatic heterocycles. The van der Waals surface area contributed by atoms with Crippen molar-refractivity contribution < 1.29 is 13.2 Å². The predicted molar refractivity (Wildman–Crippen MR) is 52.6 cm³/mol. The van der Waals surface area contributed by atoms with E-state index < -0.39 is 11.9 Å².